The van der Waals surface area contributed by atoms with Crippen molar-refractivity contribution in [2.45, 2.75) is 39.0 Å². The van der Waals surface area contributed by atoms with E-state index in [0.717, 1.165) is 11.1 Å². The average molecular weight is 522 g/mol. The van der Waals surface area contributed by atoms with Crippen LogP contribution >= 0.6 is 0 Å². The molecule has 2 aromatic carbocycles. The highest BCUT2D eigenvalue weighted by Gasteiger charge is 2.41. The lowest BCUT2D eigenvalue weighted by Crippen LogP contribution is -2.61. The maximum Gasteiger partial charge on any atom is 0.333 e. The van der Waals surface area contributed by atoms with Crippen molar-refractivity contribution in [1.29, 1.82) is 0 Å². The number of benzene rings is 2. The molecule has 8 nitrogen and oxygen atoms in total. The third-order valence-corrected chi connectivity index (χ3v) is 6.06. The highest BCUT2D eigenvalue weighted by Crippen LogP contribution is 2.23. The number of esters is 1. The van der Waals surface area contributed by atoms with Crippen molar-refractivity contribution in [3.63, 3.8) is 0 Å². The van der Waals surface area contributed by atoms with Gasteiger partial charge in [-0.1, -0.05) is 80.4 Å². The fourth-order valence-electron chi connectivity index (χ4n) is 3.84. The SMILES string of the molecule is C=C(C)C(=C)OC[C@H](NC(=O)[C@H](COC(=O)C(=C)C)[N+](C)(Cc1ccccc1)Cc1ccccc1)C(=O)O. The number of carboxylic acid groups (broad SMARTS) is 1. The van der Waals surface area contributed by atoms with Crippen LogP contribution in [0.5, 0.6) is 0 Å². The van der Waals surface area contributed by atoms with E-state index in [0.29, 0.717) is 18.7 Å². The Balaban J connectivity index is 2.44. The van der Waals surface area contributed by atoms with Crippen LogP contribution in [-0.4, -0.2) is 59.8 Å². The Hall–Kier alpha value is -4.17. The van der Waals surface area contributed by atoms with Crippen molar-refractivity contribution in [2.75, 3.05) is 20.3 Å². The summed E-state index contributed by atoms with van der Waals surface area (Å²) in [6.45, 7) is 14.4. The molecule has 0 spiro atoms. The molecule has 0 radical (unpaired) electrons. The summed E-state index contributed by atoms with van der Waals surface area (Å²) in [5.74, 6) is -2.27. The quantitative estimate of drug-likeness (QED) is 0.121. The number of nitrogens with zero attached hydrogens (tertiary/aromatic N) is 1. The number of amides is 1. The lowest BCUT2D eigenvalue weighted by molar-refractivity contribution is -0.950. The minimum absolute atomic E-state index is 0.106. The van der Waals surface area contributed by atoms with Gasteiger partial charge in [-0.3, -0.25) is 4.79 Å². The lowest BCUT2D eigenvalue weighted by Gasteiger charge is -2.41. The van der Waals surface area contributed by atoms with Gasteiger partial charge in [0.25, 0.3) is 5.91 Å². The van der Waals surface area contributed by atoms with Crippen LogP contribution in [-0.2, 0) is 36.9 Å². The number of likely N-dealkylation sites (N-methyl/N-ethyl adjacent to an activating group) is 1. The van der Waals surface area contributed by atoms with Gasteiger partial charge >= 0.3 is 11.9 Å². The standard InChI is InChI=1S/C30H36N2O6/c1-21(2)23(5)37-19-26(29(34)35)31-28(33)27(20-38-30(36)22(3)4)32(6,17-24-13-9-7-10-14-24)18-25-15-11-8-12-16-25/h7-16,26-27H,1,3,5,17-20H2,2,4,6H3,(H-,31,33,34,35)/p+1/t26-,27-/m0/s1. The van der Waals surface area contributed by atoms with Crippen LogP contribution in [0.2, 0.25) is 0 Å². The number of carboxylic acids is 1. The van der Waals surface area contributed by atoms with Crippen molar-refractivity contribution < 1.29 is 33.4 Å². The van der Waals surface area contributed by atoms with Gasteiger partial charge in [-0.25, -0.2) is 9.59 Å². The van der Waals surface area contributed by atoms with Gasteiger partial charge in [0.15, 0.2) is 12.6 Å². The molecule has 0 unspecified atom stereocenters. The van der Waals surface area contributed by atoms with Crippen LogP contribution in [0.15, 0.2) is 97.3 Å². The van der Waals surface area contributed by atoms with E-state index in [1.54, 1.807) is 6.92 Å². The number of nitrogens with one attached hydrogen (secondary N) is 1. The molecule has 2 rings (SSSR count). The molecule has 38 heavy (non-hydrogen) atoms. The largest absolute Gasteiger partial charge is 0.491 e. The second-order valence-electron chi connectivity index (χ2n) is 9.58. The highest BCUT2D eigenvalue weighted by molar-refractivity contribution is 5.88. The van der Waals surface area contributed by atoms with E-state index < -0.39 is 29.9 Å². The third kappa shape index (κ3) is 9.05. The second kappa shape index (κ2) is 13.9. The van der Waals surface area contributed by atoms with Gasteiger partial charge in [-0.2, -0.15) is 0 Å². The van der Waals surface area contributed by atoms with Crippen molar-refractivity contribution in [3.8, 4) is 0 Å². The number of aliphatic carboxylic acids is 1. The summed E-state index contributed by atoms with van der Waals surface area (Å²) in [6.07, 6.45) is 0. The number of carbonyl (C=O) groups excluding carboxylic acids is 2. The first-order valence-electron chi connectivity index (χ1n) is 12.2. The first kappa shape index (κ1) is 30.1. The summed E-state index contributed by atoms with van der Waals surface area (Å²) in [4.78, 5) is 38.0. The maximum absolute atomic E-state index is 13.7. The van der Waals surface area contributed by atoms with Crippen molar-refractivity contribution in [1.82, 2.24) is 5.32 Å². The van der Waals surface area contributed by atoms with Crippen molar-refractivity contribution in [2.24, 2.45) is 0 Å². The molecular weight excluding hydrogens is 484 g/mol. The third-order valence-electron chi connectivity index (χ3n) is 6.06. The number of carbonyl (C=O) groups is 3. The fourth-order valence-corrected chi connectivity index (χ4v) is 3.84. The summed E-state index contributed by atoms with van der Waals surface area (Å²) in [6, 6.07) is 16.9. The molecule has 202 valence electrons. The van der Waals surface area contributed by atoms with Crippen LogP contribution in [0.3, 0.4) is 0 Å². The van der Waals surface area contributed by atoms with Gasteiger partial charge in [-0.15, -0.1) is 0 Å². The molecule has 0 aromatic heterocycles. The van der Waals surface area contributed by atoms with Gasteiger partial charge < -0.3 is 24.4 Å². The zero-order chi connectivity index (χ0) is 28.3. The Morgan fingerprint density at radius 3 is 1.76 bits per heavy atom. The number of hydrogen-bond acceptors (Lipinski definition) is 5. The Morgan fingerprint density at radius 2 is 1.34 bits per heavy atom. The number of quaternary nitrogens is 1. The minimum Gasteiger partial charge on any atom is -0.491 e. The molecule has 0 bridgehead atoms. The molecule has 1 amide bonds. The molecule has 2 N–H and O–H groups in total. The smallest absolute Gasteiger partial charge is 0.333 e. The van der Waals surface area contributed by atoms with Crippen LogP contribution in [0.25, 0.3) is 0 Å². The predicted octanol–water partition coefficient (Wildman–Crippen LogP) is 4.00. The average Bonchev–Trinajstić information content (AvgIpc) is 2.86. The maximum atomic E-state index is 13.7. The van der Waals surface area contributed by atoms with E-state index in [1.807, 2.05) is 67.7 Å². The topological polar surface area (TPSA) is 102 Å². The van der Waals surface area contributed by atoms with Gasteiger partial charge in [-0.05, 0) is 19.4 Å². The molecule has 0 aliphatic heterocycles. The fraction of sp³-hybridized carbons (Fsp3) is 0.300. The van der Waals surface area contributed by atoms with E-state index in [4.69, 9.17) is 9.47 Å². The highest BCUT2D eigenvalue weighted by atomic mass is 16.5. The Kier molecular flexibility index (Phi) is 11.0. The lowest BCUT2D eigenvalue weighted by atomic mass is 10.1. The van der Waals surface area contributed by atoms with E-state index >= 15 is 0 Å². The van der Waals surface area contributed by atoms with E-state index in [9.17, 15) is 19.5 Å². The van der Waals surface area contributed by atoms with Gasteiger partial charge in [0, 0.05) is 16.7 Å². The van der Waals surface area contributed by atoms with Gasteiger partial charge in [0.1, 0.15) is 25.5 Å². The second-order valence-corrected chi connectivity index (χ2v) is 9.58. The molecule has 8 heteroatoms. The minimum atomic E-state index is -1.36. The number of rotatable bonds is 15. The Morgan fingerprint density at radius 1 is 0.842 bits per heavy atom. The molecule has 2 atom stereocenters. The van der Waals surface area contributed by atoms with Crippen LogP contribution < -0.4 is 5.32 Å². The molecule has 0 heterocycles. The molecular formula is C30H37N2O6+. The Labute approximate surface area is 224 Å². The van der Waals surface area contributed by atoms with Crippen LogP contribution in [0, 0.1) is 0 Å². The van der Waals surface area contributed by atoms with Crippen molar-refractivity contribution in [3.05, 3.63) is 108 Å². The normalized spacial score (nSPS) is 12.5. The monoisotopic (exact) mass is 521 g/mol. The first-order chi connectivity index (χ1) is 17.9. The predicted molar refractivity (Wildman–Crippen MR) is 146 cm³/mol. The molecule has 0 saturated carbocycles. The molecule has 2 aromatic rings. The molecule has 0 saturated heterocycles. The first-order valence-corrected chi connectivity index (χ1v) is 12.2. The summed E-state index contributed by atoms with van der Waals surface area (Å²) in [7, 11) is 1.88. The van der Waals surface area contributed by atoms with Crippen LogP contribution in [0.4, 0.5) is 0 Å². The number of ether oxygens (including phenoxy) is 2. The summed E-state index contributed by atoms with van der Waals surface area (Å²) in [5.41, 5.74) is 2.66. The zero-order valence-corrected chi connectivity index (χ0v) is 22.3. The number of hydrogen-bond donors (Lipinski definition) is 2. The van der Waals surface area contributed by atoms with Crippen molar-refractivity contribution >= 4 is 17.8 Å². The number of allylic oxidation sites excluding steroid dienone is 1. The molecule has 0 aliphatic carbocycles. The molecule has 0 fully saturated rings. The van der Waals surface area contributed by atoms with E-state index in [-0.39, 0.29) is 29.0 Å². The van der Waals surface area contributed by atoms with Gasteiger partial charge in [0.2, 0.25) is 6.04 Å². The Bertz CT molecular complexity index is 1120. The van der Waals surface area contributed by atoms with Crippen LogP contribution in [0.1, 0.15) is 25.0 Å². The van der Waals surface area contributed by atoms with Gasteiger partial charge in [0.05, 0.1) is 7.05 Å². The summed E-state index contributed by atoms with van der Waals surface area (Å²) in [5, 5.41) is 12.3. The van der Waals surface area contributed by atoms with E-state index in [1.165, 1.54) is 6.92 Å². The molecule has 0 aliphatic rings. The summed E-state index contributed by atoms with van der Waals surface area (Å²) >= 11 is 0. The zero-order valence-electron chi connectivity index (χ0n) is 22.3. The summed E-state index contributed by atoms with van der Waals surface area (Å²) < 4.78 is 11.0. The van der Waals surface area contributed by atoms with E-state index in [2.05, 4.69) is 25.1 Å².